The molecule has 0 aromatic heterocycles. The lowest BCUT2D eigenvalue weighted by Crippen LogP contribution is -2.58. The molecule has 0 aliphatic heterocycles. The molecule has 0 aromatic carbocycles. The van der Waals surface area contributed by atoms with Crippen LogP contribution in [0, 0.1) is 5.92 Å². The molecule has 0 fully saturated rings. The predicted octanol–water partition coefficient (Wildman–Crippen LogP) is 9.41. The molecule has 37 heavy (non-hydrogen) atoms. The van der Waals surface area contributed by atoms with Crippen LogP contribution in [0.1, 0.15) is 175 Å². The molecule has 0 radical (unpaired) electrons. The first kappa shape index (κ1) is 36.3. The summed E-state index contributed by atoms with van der Waals surface area (Å²) >= 11 is 0. The van der Waals surface area contributed by atoms with E-state index in [0.717, 1.165) is 32.1 Å². The summed E-state index contributed by atoms with van der Waals surface area (Å²) in [6.07, 6.45) is 28.1. The van der Waals surface area contributed by atoms with E-state index in [-0.39, 0.29) is 11.6 Å². The van der Waals surface area contributed by atoms with Crippen molar-refractivity contribution in [2.75, 3.05) is 14.1 Å². The summed E-state index contributed by atoms with van der Waals surface area (Å²) in [4.78, 5) is 27.5. The van der Waals surface area contributed by atoms with Crippen LogP contribution in [0.15, 0.2) is 0 Å². The Hall–Kier alpha value is -0.740. The van der Waals surface area contributed by atoms with Crippen LogP contribution in [0.5, 0.6) is 0 Å². The first-order valence-corrected chi connectivity index (χ1v) is 16.3. The van der Waals surface area contributed by atoms with Crippen molar-refractivity contribution in [3.8, 4) is 0 Å². The van der Waals surface area contributed by atoms with Crippen molar-refractivity contribution in [3.63, 3.8) is 0 Å². The zero-order valence-corrected chi connectivity index (χ0v) is 25.8. The molecule has 0 aliphatic rings. The van der Waals surface area contributed by atoms with E-state index in [9.17, 15) is 14.7 Å². The normalized spacial score (nSPS) is 14.1. The van der Waals surface area contributed by atoms with E-state index in [1.54, 1.807) is 25.9 Å². The lowest BCUT2D eigenvalue weighted by atomic mass is 9.84. The van der Waals surface area contributed by atoms with Crippen LogP contribution in [0.25, 0.3) is 0 Å². The Morgan fingerprint density at radius 2 is 0.865 bits per heavy atom. The Kier molecular flexibility index (Phi) is 23.8. The molecular weight excluding hydrogens is 458 g/mol. The van der Waals surface area contributed by atoms with Crippen LogP contribution in [0.3, 0.4) is 0 Å². The summed E-state index contributed by atoms with van der Waals surface area (Å²) in [6, 6.07) is 0. The Morgan fingerprint density at radius 1 is 0.568 bits per heavy atom. The van der Waals surface area contributed by atoms with Gasteiger partial charge >= 0.3 is 0 Å². The van der Waals surface area contributed by atoms with E-state index >= 15 is 0 Å². The monoisotopic (exact) mass is 523 g/mol. The second kappa shape index (κ2) is 24.3. The van der Waals surface area contributed by atoms with Gasteiger partial charge < -0.3 is 5.11 Å². The first-order valence-electron chi connectivity index (χ1n) is 16.3. The number of carbonyl (C=O) groups excluding carboxylic acids is 2. The fraction of sp³-hybridized carbons (Fsp3) is 0.939. The molecule has 0 rings (SSSR count). The molecule has 1 N–H and O–H groups in total. The van der Waals surface area contributed by atoms with Crippen molar-refractivity contribution >= 4 is 11.6 Å². The van der Waals surface area contributed by atoms with Crippen molar-refractivity contribution in [2.45, 2.75) is 181 Å². The van der Waals surface area contributed by atoms with Crippen molar-refractivity contribution in [3.05, 3.63) is 0 Å². The Labute approximate surface area is 231 Å². The molecule has 0 aliphatic carbocycles. The van der Waals surface area contributed by atoms with Gasteiger partial charge in [0.2, 0.25) is 0 Å². The van der Waals surface area contributed by atoms with E-state index in [0.29, 0.717) is 12.8 Å². The van der Waals surface area contributed by atoms with E-state index in [4.69, 9.17) is 0 Å². The van der Waals surface area contributed by atoms with Crippen LogP contribution in [-0.2, 0) is 9.59 Å². The molecule has 4 heteroatoms. The Balaban J connectivity index is 4.11. The van der Waals surface area contributed by atoms with Crippen LogP contribution in [0.2, 0.25) is 0 Å². The van der Waals surface area contributed by atoms with Crippen LogP contribution in [-0.4, -0.2) is 41.4 Å². The number of unbranched alkanes of at least 4 members (excludes halogenated alkanes) is 20. The van der Waals surface area contributed by atoms with E-state index in [1.807, 2.05) is 0 Å². The molecule has 0 aromatic rings. The van der Waals surface area contributed by atoms with Gasteiger partial charge in [0.05, 0.1) is 5.92 Å². The summed E-state index contributed by atoms with van der Waals surface area (Å²) in [5.74, 6) is -0.876. The van der Waals surface area contributed by atoms with Gasteiger partial charge in [-0.1, -0.05) is 149 Å². The van der Waals surface area contributed by atoms with Gasteiger partial charge in [0.15, 0.2) is 11.5 Å². The average Bonchev–Trinajstić information content (AvgIpc) is 2.88. The first-order chi connectivity index (χ1) is 17.8. The third-order valence-electron chi connectivity index (χ3n) is 8.21. The number of nitrogens with zero attached hydrogens (tertiary/aromatic N) is 1. The number of carbonyl (C=O) groups is 2. The van der Waals surface area contributed by atoms with Gasteiger partial charge in [-0.25, -0.2) is 0 Å². The fourth-order valence-electron chi connectivity index (χ4n) is 5.42. The molecule has 0 saturated heterocycles. The molecule has 2 atom stereocenters. The van der Waals surface area contributed by atoms with Gasteiger partial charge in [0.25, 0.3) is 0 Å². The highest BCUT2D eigenvalue weighted by atomic mass is 16.3. The molecule has 2 unspecified atom stereocenters. The van der Waals surface area contributed by atoms with Crippen molar-refractivity contribution in [1.82, 2.24) is 4.90 Å². The number of hydrogen-bond acceptors (Lipinski definition) is 4. The van der Waals surface area contributed by atoms with E-state index in [1.165, 1.54) is 109 Å². The highest BCUT2D eigenvalue weighted by molar-refractivity contribution is 5.94. The molecule has 0 bridgehead atoms. The lowest BCUT2D eigenvalue weighted by molar-refractivity contribution is -0.172. The highest BCUT2D eigenvalue weighted by Crippen LogP contribution is 2.27. The average molecular weight is 524 g/mol. The van der Waals surface area contributed by atoms with Gasteiger partial charge in [-0.2, -0.15) is 0 Å². The third kappa shape index (κ3) is 17.5. The minimum Gasteiger partial charge on any atom is -0.368 e. The number of Topliss-reactive ketones (excluding diaryl/α,β-unsaturated/α-hetero) is 2. The lowest BCUT2D eigenvalue weighted by Gasteiger charge is -2.37. The second-order valence-electron chi connectivity index (χ2n) is 11.8. The SMILES string of the molecule is CCCCCCCCCCCCCC(=O)C(C)C(O)(C(=O)CCCCCCCCCCCCC)N(C)C. The smallest absolute Gasteiger partial charge is 0.187 e. The van der Waals surface area contributed by atoms with Crippen LogP contribution < -0.4 is 0 Å². The van der Waals surface area contributed by atoms with Crippen LogP contribution >= 0.6 is 0 Å². The van der Waals surface area contributed by atoms with Gasteiger partial charge in [-0.3, -0.25) is 14.5 Å². The topological polar surface area (TPSA) is 57.6 Å². The minimum atomic E-state index is -1.69. The third-order valence-corrected chi connectivity index (χ3v) is 8.21. The minimum absolute atomic E-state index is 0.0133. The van der Waals surface area contributed by atoms with Gasteiger partial charge in [-0.05, 0) is 26.9 Å². The van der Waals surface area contributed by atoms with Gasteiger partial charge in [0.1, 0.15) is 5.78 Å². The number of hydrogen-bond donors (Lipinski definition) is 1. The molecule has 0 heterocycles. The predicted molar refractivity (Wildman–Crippen MR) is 160 cm³/mol. The largest absolute Gasteiger partial charge is 0.368 e. The summed E-state index contributed by atoms with van der Waals surface area (Å²) in [7, 11) is 3.43. The standard InChI is InChI=1S/C33H65NO3/c1-6-8-10-12-14-16-18-20-22-24-26-28-31(35)30(3)33(37,34(4)5)32(36)29-27-25-23-21-19-17-15-13-11-9-7-2/h30,37H,6-29H2,1-5H3. The van der Waals surface area contributed by atoms with Crippen molar-refractivity contribution in [1.29, 1.82) is 0 Å². The van der Waals surface area contributed by atoms with Crippen molar-refractivity contribution < 1.29 is 14.7 Å². The highest BCUT2D eigenvalue weighted by Gasteiger charge is 2.45. The zero-order chi connectivity index (χ0) is 27.8. The summed E-state index contributed by atoms with van der Waals surface area (Å²) in [6.45, 7) is 6.24. The Morgan fingerprint density at radius 3 is 1.19 bits per heavy atom. The van der Waals surface area contributed by atoms with E-state index < -0.39 is 11.6 Å². The molecule has 220 valence electrons. The summed E-state index contributed by atoms with van der Waals surface area (Å²) in [5.41, 5.74) is -1.69. The van der Waals surface area contributed by atoms with Crippen molar-refractivity contribution in [2.24, 2.45) is 5.92 Å². The number of likely N-dealkylation sites (N-methyl/N-ethyl adjacent to an activating group) is 1. The number of ketones is 2. The molecular formula is C33H65NO3. The molecule has 4 nitrogen and oxygen atoms in total. The molecule has 0 saturated carbocycles. The van der Waals surface area contributed by atoms with E-state index in [2.05, 4.69) is 13.8 Å². The van der Waals surface area contributed by atoms with Crippen LogP contribution in [0.4, 0.5) is 0 Å². The summed E-state index contributed by atoms with van der Waals surface area (Å²) in [5, 5.41) is 11.3. The quantitative estimate of drug-likeness (QED) is 0.0819. The maximum Gasteiger partial charge on any atom is 0.187 e. The maximum atomic E-state index is 13.0. The maximum absolute atomic E-state index is 13.0. The second-order valence-corrected chi connectivity index (χ2v) is 11.8. The molecule has 0 amide bonds. The molecule has 0 spiro atoms. The fourth-order valence-corrected chi connectivity index (χ4v) is 5.42. The van der Waals surface area contributed by atoms with Gasteiger partial charge in [0, 0.05) is 12.8 Å². The Bertz CT molecular complexity index is 548. The number of aliphatic hydroxyl groups is 1. The zero-order valence-electron chi connectivity index (χ0n) is 25.8. The number of rotatable bonds is 28. The summed E-state index contributed by atoms with van der Waals surface area (Å²) < 4.78 is 0. The van der Waals surface area contributed by atoms with Gasteiger partial charge in [-0.15, -0.1) is 0 Å².